The van der Waals surface area contributed by atoms with Crippen molar-refractivity contribution in [3.63, 3.8) is 0 Å². The van der Waals surface area contributed by atoms with E-state index in [1.165, 1.54) is 0 Å². The Morgan fingerprint density at radius 1 is 1.27 bits per heavy atom. The van der Waals surface area contributed by atoms with E-state index >= 15 is 0 Å². The number of hydrogen-bond acceptors (Lipinski definition) is 2. The molecule has 0 atom stereocenters. The molecule has 0 aromatic heterocycles. The molecule has 0 bridgehead atoms. The van der Waals surface area contributed by atoms with E-state index in [0.717, 1.165) is 0 Å². The van der Waals surface area contributed by atoms with Crippen molar-refractivity contribution >= 4 is 23.2 Å². The van der Waals surface area contributed by atoms with Crippen molar-refractivity contribution in [2.24, 2.45) is 0 Å². The first kappa shape index (κ1) is 12.5. The summed E-state index contributed by atoms with van der Waals surface area (Å²) in [6.45, 7) is 6.30. The van der Waals surface area contributed by atoms with Gasteiger partial charge in [-0.25, -0.2) is 0 Å². The molecule has 1 aromatic rings. The van der Waals surface area contributed by atoms with Gasteiger partial charge in [0.05, 0.1) is 17.7 Å². The van der Waals surface area contributed by atoms with Crippen molar-refractivity contribution in [1.82, 2.24) is 0 Å². The molecule has 84 valence electrons. The summed E-state index contributed by atoms with van der Waals surface area (Å²) in [5, 5.41) is 1.01. The highest BCUT2D eigenvalue weighted by molar-refractivity contribution is 6.35. The van der Waals surface area contributed by atoms with Crippen LogP contribution in [-0.2, 0) is 0 Å². The Hall–Kier alpha value is -0.600. The average Bonchev–Trinajstić information content (AvgIpc) is 2.10. The molecule has 4 heteroatoms. The van der Waals surface area contributed by atoms with Gasteiger partial charge in [0.1, 0.15) is 0 Å². The standard InChI is InChI=1S/C11H14Cl2O2/c1-4-14-11-9(13)5-8(12)6-10(11)15-7(2)3/h5-7H,4H2,1-3H3. The largest absolute Gasteiger partial charge is 0.488 e. The van der Waals surface area contributed by atoms with E-state index in [1.54, 1.807) is 12.1 Å². The van der Waals surface area contributed by atoms with Gasteiger partial charge in [-0.15, -0.1) is 0 Å². The molecule has 1 rings (SSSR count). The molecule has 1 aromatic carbocycles. The summed E-state index contributed by atoms with van der Waals surface area (Å²) in [5.74, 6) is 1.14. The third-order valence-electron chi connectivity index (χ3n) is 1.63. The second kappa shape index (κ2) is 5.47. The van der Waals surface area contributed by atoms with Gasteiger partial charge in [0.15, 0.2) is 11.5 Å². The van der Waals surface area contributed by atoms with Crippen molar-refractivity contribution in [2.45, 2.75) is 26.9 Å². The topological polar surface area (TPSA) is 18.5 Å². The highest BCUT2D eigenvalue weighted by Gasteiger charge is 2.12. The average molecular weight is 249 g/mol. The van der Waals surface area contributed by atoms with E-state index < -0.39 is 0 Å². The van der Waals surface area contributed by atoms with Gasteiger partial charge in [-0.2, -0.15) is 0 Å². The third kappa shape index (κ3) is 3.47. The molecule has 0 aliphatic carbocycles. The quantitative estimate of drug-likeness (QED) is 0.796. The minimum absolute atomic E-state index is 0.0544. The van der Waals surface area contributed by atoms with Crippen molar-refractivity contribution in [3.05, 3.63) is 22.2 Å². The SMILES string of the molecule is CCOc1c(Cl)cc(Cl)cc1OC(C)C. The predicted molar refractivity (Wildman–Crippen MR) is 63.4 cm³/mol. The highest BCUT2D eigenvalue weighted by atomic mass is 35.5. The molecular weight excluding hydrogens is 235 g/mol. The number of halogens is 2. The van der Waals surface area contributed by atoms with Gasteiger partial charge in [0, 0.05) is 11.1 Å². The van der Waals surface area contributed by atoms with Gasteiger partial charge in [-0.05, 0) is 26.8 Å². The van der Waals surface area contributed by atoms with Gasteiger partial charge in [-0.3, -0.25) is 0 Å². The third-order valence-corrected chi connectivity index (χ3v) is 2.12. The fraction of sp³-hybridized carbons (Fsp3) is 0.455. The second-order valence-corrected chi connectivity index (χ2v) is 4.16. The van der Waals surface area contributed by atoms with E-state index in [4.69, 9.17) is 32.7 Å². The normalized spacial score (nSPS) is 10.5. The summed E-state index contributed by atoms with van der Waals surface area (Å²) in [4.78, 5) is 0. The smallest absolute Gasteiger partial charge is 0.179 e. The van der Waals surface area contributed by atoms with Crippen molar-refractivity contribution < 1.29 is 9.47 Å². The molecular formula is C11H14Cl2O2. The summed E-state index contributed by atoms with van der Waals surface area (Å²) < 4.78 is 11.0. The minimum Gasteiger partial charge on any atom is -0.488 e. The van der Waals surface area contributed by atoms with Crippen LogP contribution in [0, 0.1) is 0 Å². The lowest BCUT2D eigenvalue weighted by molar-refractivity contribution is 0.224. The van der Waals surface area contributed by atoms with E-state index in [-0.39, 0.29) is 6.10 Å². The van der Waals surface area contributed by atoms with Crippen LogP contribution in [0.3, 0.4) is 0 Å². The van der Waals surface area contributed by atoms with E-state index in [9.17, 15) is 0 Å². The fourth-order valence-electron chi connectivity index (χ4n) is 1.16. The first-order valence-electron chi connectivity index (χ1n) is 4.83. The maximum Gasteiger partial charge on any atom is 0.179 e. The zero-order chi connectivity index (χ0) is 11.4. The van der Waals surface area contributed by atoms with E-state index in [2.05, 4.69) is 0 Å². The molecule has 15 heavy (non-hydrogen) atoms. The summed E-state index contributed by atoms with van der Waals surface area (Å²) in [6.07, 6.45) is 0.0544. The monoisotopic (exact) mass is 248 g/mol. The Morgan fingerprint density at radius 3 is 2.47 bits per heavy atom. The molecule has 0 aliphatic rings. The maximum absolute atomic E-state index is 6.01. The number of hydrogen-bond donors (Lipinski definition) is 0. The van der Waals surface area contributed by atoms with Gasteiger partial charge in [0.2, 0.25) is 0 Å². The lowest BCUT2D eigenvalue weighted by Gasteiger charge is -2.15. The van der Waals surface area contributed by atoms with Crippen LogP contribution in [-0.4, -0.2) is 12.7 Å². The molecule has 0 N–H and O–H groups in total. The highest BCUT2D eigenvalue weighted by Crippen LogP contribution is 2.38. The number of ether oxygens (including phenoxy) is 2. The molecule has 2 nitrogen and oxygen atoms in total. The second-order valence-electron chi connectivity index (χ2n) is 3.31. The zero-order valence-electron chi connectivity index (χ0n) is 9.01. The van der Waals surface area contributed by atoms with Crippen molar-refractivity contribution in [1.29, 1.82) is 0 Å². The fourth-order valence-corrected chi connectivity index (χ4v) is 1.69. The summed E-state index contributed by atoms with van der Waals surface area (Å²) in [7, 11) is 0. The van der Waals surface area contributed by atoms with Gasteiger partial charge in [0.25, 0.3) is 0 Å². The van der Waals surface area contributed by atoms with Crippen LogP contribution in [0.15, 0.2) is 12.1 Å². The Morgan fingerprint density at radius 2 is 1.93 bits per heavy atom. The molecule has 0 amide bonds. The van der Waals surface area contributed by atoms with E-state index in [0.29, 0.717) is 28.2 Å². The molecule has 0 unspecified atom stereocenters. The van der Waals surface area contributed by atoms with Crippen LogP contribution in [0.25, 0.3) is 0 Å². The zero-order valence-corrected chi connectivity index (χ0v) is 10.5. The molecule has 0 aliphatic heterocycles. The molecule has 0 saturated heterocycles. The van der Waals surface area contributed by atoms with Crippen LogP contribution in [0.2, 0.25) is 10.0 Å². The Bertz CT molecular complexity index is 338. The Kier molecular flexibility index (Phi) is 4.55. The molecule has 0 saturated carbocycles. The van der Waals surface area contributed by atoms with Crippen LogP contribution in [0.1, 0.15) is 20.8 Å². The predicted octanol–water partition coefficient (Wildman–Crippen LogP) is 4.18. The van der Waals surface area contributed by atoms with Gasteiger partial charge in [-0.1, -0.05) is 23.2 Å². The molecule has 0 spiro atoms. The first-order chi connectivity index (χ1) is 7.04. The molecule has 0 radical (unpaired) electrons. The minimum atomic E-state index is 0.0544. The van der Waals surface area contributed by atoms with E-state index in [1.807, 2.05) is 20.8 Å². The van der Waals surface area contributed by atoms with Crippen molar-refractivity contribution in [3.8, 4) is 11.5 Å². The lowest BCUT2D eigenvalue weighted by Crippen LogP contribution is -2.07. The summed E-state index contributed by atoms with van der Waals surface area (Å²) in [6, 6.07) is 3.35. The Balaban J connectivity index is 3.08. The lowest BCUT2D eigenvalue weighted by atomic mass is 10.3. The van der Waals surface area contributed by atoms with Crippen molar-refractivity contribution in [2.75, 3.05) is 6.61 Å². The van der Waals surface area contributed by atoms with Crippen LogP contribution < -0.4 is 9.47 Å². The first-order valence-corrected chi connectivity index (χ1v) is 5.58. The molecule has 0 heterocycles. The summed E-state index contributed by atoms with van der Waals surface area (Å²) >= 11 is 11.9. The van der Waals surface area contributed by atoms with Crippen LogP contribution >= 0.6 is 23.2 Å². The van der Waals surface area contributed by atoms with Gasteiger partial charge < -0.3 is 9.47 Å². The summed E-state index contributed by atoms with van der Waals surface area (Å²) in [5.41, 5.74) is 0. The molecule has 0 fully saturated rings. The maximum atomic E-state index is 6.01. The number of benzene rings is 1. The number of rotatable bonds is 4. The van der Waals surface area contributed by atoms with Crippen LogP contribution in [0.5, 0.6) is 11.5 Å². The van der Waals surface area contributed by atoms with Gasteiger partial charge >= 0.3 is 0 Å². The Labute approximate surface area is 100 Å². The van der Waals surface area contributed by atoms with Crippen LogP contribution in [0.4, 0.5) is 0 Å².